The van der Waals surface area contributed by atoms with Crippen LogP contribution in [0.4, 0.5) is 0 Å². The molecule has 3 fully saturated rings. The molecule has 2 saturated heterocycles. The fraction of sp³-hybridized carbons (Fsp3) is 0.895. The zero-order chi connectivity index (χ0) is 17.3. The lowest BCUT2D eigenvalue weighted by Crippen LogP contribution is -2.50. The van der Waals surface area contributed by atoms with Crippen LogP contribution in [0, 0.1) is 17.3 Å². The maximum Gasteiger partial charge on any atom is 0.227 e. The monoisotopic (exact) mass is 335 g/mol. The Kier molecular flexibility index (Phi) is 5.19. The third-order valence-corrected chi connectivity index (χ3v) is 5.55. The second-order valence-corrected chi connectivity index (χ2v) is 9.04. The van der Waals surface area contributed by atoms with Gasteiger partial charge in [-0.1, -0.05) is 20.8 Å². The number of likely N-dealkylation sites (tertiary alicyclic amines) is 2. The summed E-state index contributed by atoms with van der Waals surface area (Å²) in [6, 6.07) is 0.296. The molecule has 0 aromatic heterocycles. The van der Waals surface area contributed by atoms with Crippen molar-refractivity contribution >= 4 is 11.8 Å². The average Bonchev–Trinajstić information content (AvgIpc) is 3.24. The first-order valence-electron chi connectivity index (χ1n) is 9.65. The number of nitrogens with one attached hydrogen (secondary N) is 1. The van der Waals surface area contributed by atoms with Crippen LogP contribution in [0.2, 0.25) is 0 Å². The van der Waals surface area contributed by atoms with Crippen LogP contribution in [0.25, 0.3) is 0 Å². The van der Waals surface area contributed by atoms with Crippen molar-refractivity contribution in [2.45, 2.75) is 58.9 Å². The number of hydrogen-bond donors (Lipinski definition) is 1. The predicted octanol–water partition coefficient (Wildman–Crippen LogP) is 1.87. The topological polar surface area (TPSA) is 52.7 Å². The first-order chi connectivity index (χ1) is 11.3. The summed E-state index contributed by atoms with van der Waals surface area (Å²) in [5, 5.41) is 3.25. The van der Waals surface area contributed by atoms with Crippen LogP contribution in [0.15, 0.2) is 0 Å². The Balaban J connectivity index is 1.47. The van der Waals surface area contributed by atoms with E-state index in [-0.39, 0.29) is 23.1 Å². The molecule has 0 unspecified atom stereocenters. The number of amides is 2. The highest BCUT2D eigenvalue weighted by atomic mass is 16.2. The number of nitrogens with zero attached hydrogens (tertiary/aromatic N) is 2. The molecule has 1 saturated carbocycles. The zero-order valence-corrected chi connectivity index (χ0v) is 15.5. The summed E-state index contributed by atoms with van der Waals surface area (Å²) in [4.78, 5) is 29.5. The van der Waals surface area contributed by atoms with Gasteiger partial charge < -0.3 is 15.1 Å². The van der Waals surface area contributed by atoms with Crippen LogP contribution in [0.5, 0.6) is 0 Å². The molecule has 5 heteroatoms. The second kappa shape index (κ2) is 7.03. The van der Waals surface area contributed by atoms with Gasteiger partial charge in [-0.05, 0) is 38.0 Å². The molecule has 2 atom stereocenters. The van der Waals surface area contributed by atoms with Crippen molar-refractivity contribution in [3.8, 4) is 0 Å². The molecule has 2 aliphatic heterocycles. The molecule has 3 aliphatic rings. The molecule has 2 amide bonds. The minimum absolute atomic E-state index is 0.0393. The maximum atomic E-state index is 12.6. The van der Waals surface area contributed by atoms with E-state index in [9.17, 15) is 9.59 Å². The first kappa shape index (κ1) is 17.7. The Morgan fingerprint density at radius 2 is 1.79 bits per heavy atom. The molecular formula is C19H33N3O2. The molecule has 0 aromatic rings. The third kappa shape index (κ3) is 4.50. The van der Waals surface area contributed by atoms with Gasteiger partial charge in [0.25, 0.3) is 0 Å². The quantitative estimate of drug-likeness (QED) is 0.853. The lowest BCUT2D eigenvalue weighted by Gasteiger charge is -2.36. The number of rotatable bonds is 4. The number of carbonyl (C=O) groups excluding carboxylic acids is 2. The van der Waals surface area contributed by atoms with Crippen molar-refractivity contribution in [1.29, 1.82) is 0 Å². The normalized spacial score (nSPS) is 28.9. The van der Waals surface area contributed by atoms with Gasteiger partial charge in [-0.25, -0.2) is 0 Å². The van der Waals surface area contributed by atoms with Gasteiger partial charge in [0, 0.05) is 44.2 Å². The summed E-state index contributed by atoms with van der Waals surface area (Å²) in [6.07, 6.45) is 5.66. The first-order valence-corrected chi connectivity index (χ1v) is 9.65. The van der Waals surface area contributed by atoms with Gasteiger partial charge in [0.2, 0.25) is 11.8 Å². The van der Waals surface area contributed by atoms with Gasteiger partial charge in [0.1, 0.15) is 0 Å². The van der Waals surface area contributed by atoms with Crippen molar-refractivity contribution in [1.82, 2.24) is 15.1 Å². The fourth-order valence-corrected chi connectivity index (χ4v) is 3.95. The maximum absolute atomic E-state index is 12.6. The molecule has 136 valence electrons. The van der Waals surface area contributed by atoms with Crippen LogP contribution >= 0.6 is 0 Å². The van der Waals surface area contributed by atoms with E-state index in [1.165, 1.54) is 19.4 Å². The molecule has 0 bridgehead atoms. The van der Waals surface area contributed by atoms with Crippen LogP contribution in [-0.2, 0) is 9.59 Å². The Hall–Kier alpha value is -1.10. The van der Waals surface area contributed by atoms with Crippen LogP contribution in [0.1, 0.15) is 52.9 Å². The largest absolute Gasteiger partial charge is 0.352 e. The Bertz CT molecular complexity index is 481. The van der Waals surface area contributed by atoms with Gasteiger partial charge in [0.15, 0.2) is 0 Å². The van der Waals surface area contributed by atoms with Crippen LogP contribution in [-0.4, -0.2) is 60.4 Å². The second-order valence-electron chi connectivity index (χ2n) is 9.04. The molecule has 0 aromatic carbocycles. The van der Waals surface area contributed by atoms with Crippen LogP contribution < -0.4 is 5.32 Å². The SMILES string of the molecule is CC(C)(C)C(=O)N1CCC[C@@H](C(=O)N[C@H]2CCN(CC3CC3)C2)C1. The standard InChI is InChI=1S/C19H33N3O2/c1-19(2,3)18(24)22-9-4-5-15(12-22)17(23)20-16-8-10-21(13-16)11-14-6-7-14/h14-16H,4-13H2,1-3H3,(H,20,23)/t15-,16+/m1/s1. The van der Waals surface area contributed by atoms with E-state index >= 15 is 0 Å². The molecule has 24 heavy (non-hydrogen) atoms. The molecule has 0 radical (unpaired) electrons. The van der Waals surface area contributed by atoms with Gasteiger partial charge >= 0.3 is 0 Å². The Morgan fingerprint density at radius 1 is 1.04 bits per heavy atom. The molecule has 2 heterocycles. The Morgan fingerprint density at radius 3 is 2.46 bits per heavy atom. The van der Waals surface area contributed by atoms with E-state index in [4.69, 9.17) is 0 Å². The Labute approximate surface area is 146 Å². The van der Waals surface area contributed by atoms with Crippen molar-refractivity contribution in [3.63, 3.8) is 0 Å². The zero-order valence-electron chi connectivity index (χ0n) is 15.5. The summed E-state index contributed by atoms with van der Waals surface area (Å²) in [6.45, 7) is 10.5. The van der Waals surface area contributed by atoms with E-state index < -0.39 is 0 Å². The van der Waals surface area contributed by atoms with Crippen LogP contribution in [0.3, 0.4) is 0 Å². The number of carbonyl (C=O) groups is 2. The van der Waals surface area contributed by atoms with Gasteiger partial charge in [-0.3, -0.25) is 9.59 Å². The molecular weight excluding hydrogens is 302 g/mol. The van der Waals surface area contributed by atoms with E-state index in [1.807, 2.05) is 25.7 Å². The summed E-state index contributed by atoms with van der Waals surface area (Å²) >= 11 is 0. The van der Waals surface area contributed by atoms with Crippen molar-refractivity contribution in [3.05, 3.63) is 0 Å². The summed E-state index contributed by atoms with van der Waals surface area (Å²) < 4.78 is 0. The molecule has 5 nitrogen and oxygen atoms in total. The summed E-state index contributed by atoms with van der Waals surface area (Å²) in [5.41, 5.74) is -0.368. The molecule has 3 rings (SSSR count). The van der Waals surface area contributed by atoms with Crippen molar-refractivity contribution in [2.75, 3.05) is 32.7 Å². The molecule has 1 N–H and O–H groups in total. The van der Waals surface area contributed by atoms with Crippen molar-refractivity contribution in [2.24, 2.45) is 17.3 Å². The highest BCUT2D eigenvalue weighted by Crippen LogP contribution is 2.31. The highest BCUT2D eigenvalue weighted by molar-refractivity contribution is 5.84. The smallest absolute Gasteiger partial charge is 0.227 e. The van der Waals surface area contributed by atoms with Gasteiger partial charge in [-0.15, -0.1) is 0 Å². The number of hydrogen-bond acceptors (Lipinski definition) is 3. The van der Waals surface area contributed by atoms with Gasteiger partial charge in [0.05, 0.1) is 5.92 Å². The fourth-order valence-electron chi connectivity index (χ4n) is 3.95. The average molecular weight is 335 g/mol. The van der Waals surface area contributed by atoms with Crippen molar-refractivity contribution < 1.29 is 9.59 Å². The summed E-state index contributed by atoms with van der Waals surface area (Å²) in [5.74, 6) is 1.19. The van der Waals surface area contributed by atoms with E-state index in [1.54, 1.807) is 0 Å². The minimum atomic E-state index is -0.368. The minimum Gasteiger partial charge on any atom is -0.352 e. The van der Waals surface area contributed by atoms with E-state index in [0.717, 1.165) is 44.8 Å². The van der Waals surface area contributed by atoms with Gasteiger partial charge in [-0.2, -0.15) is 0 Å². The third-order valence-electron chi connectivity index (χ3n) is 5.55. The predicted molar refractivity (Wildman–Crippen MR) is 94.5 cm³/mol. The highest BCUT2D eigenvalue weighted by Gasteiger charge is 2.35. The molecule has 0 spiro atoms. The van der Waals surface area contributed by atoms with E-state index in [0.29, 0.717) is 12.6 Å². The number of piperidine rings is 1. The summed E-state index contributed by atoms with van der Waals surface area (Å²) in [7, 11) is 0. The lowest BCUT2D eigenvalue weighted by molar-refractivity contribution is -0.142. The van der Waals surface area contributed by atoms with E-state index in [2.05, 4.69) is 10.2 Å². The lowest BCUT2D eigenvalue weighted by atomic mass is 9.91. The molecule has 1 aliphatic carbocycles.